The Morgan fingerprint density at radius 1 is 1.29 bits per heavy atom. The van der Waals surface area contributed by atoms with Gasteiger partial charge in [0.25, 0.3) is 6.43 Å². The smallest absolute Gasteiger partial charge is 0.205 e. The summed E-state index contributed by atoms with van der Waals surface area (Å²) in [5, 5.41) is 8.93. The molecular formula is C14H15F2N. The molecule has 0 heterocycles. The number of nitrogens with zero attached hydrogens (tertiary/aromatic N) is 1. The molecule has 3 heteroatoms. The second-order valence-corrected chi connectivity index (χ2v) is 4.75. The van der Waals surface area contributed by atoms with E-state index in [1.807, 2.05) is 6.07 Å². The van der Waals surface area contributed by atoms with E-state index in [1.165, 1.54) is 6.07 Å². The molecule has 1 aliphatic rings. The van der Waals surface area contributed by atoms with Gasteiger partial charge in [-0.25, -0.2) is 8.78 Å². The molecule has 0 spiro atoms. The van der Waals surface area contributed by atoms with Crippen LogP contribution in [0.5, 0.6) is 0 Å². The van der Waals surface area contributed by atoms with Gasteiger partial charge in [0.1, 0.15) is 0 Å². The lowest BCUT2D eigenvalue weighted by Crippen LogP contribution is -2.21. The molecule has 1 aliphatic carbocycles. The molecular weight excluding hydrogens is 220 g/mol. The van der Waals surface area contributed by atoms with Crippen LogP contribution in [0.25, 0.3) is 0 Å². The Morgan fingerprint density at radius 2 is 2.00 bits per heavy atom. The Morgan fingerprint density at radius 3 is 2.59 bits per heavy atom. The molecule has 1 nitrogen and oxygen atoms in total. The predicted molar refractivity (Wildman–Crippen MR) is 61.8 cm³/mol. The molecule has 90 valence electrons. The average molecular weight is 235 g/mol. The van der Waals surface area contributed by atoms with Crippen LogP contribution < -0.4 is 0 Å². The first-order chi connectivity index (χ1) is 8.18. The number of nitriles is 1. The van der Waals surface area contributed by atoms with Crippen LogP contribution in [-0.4, -0.2) is 0 Å². The van der Waals surface area contributed by atoms with Gasteiger partial charge in [-0.2, -0.15) is 5.26 Å². The van der Waals surface area contributed by atoms with Crippen molar-refractivity contribution in [3.8, 4) is 6.07 Å². The summed E-state index contributed by atoms with van der Waals surface area (Å²) in [6, 6.07) is 8.79. The van der Waals surface area contributed by atoms with Crippen LogP contribution in [0, 0.1) is 11.3 Å². The lowest BCUT2D eigenvalue weighted by molar-refractivity contribution is 0.151. The summed E-state index contributed by atoms with van der Waals surface area (Å²) < 4.78 is 25.4. The molecule has 0 aliphatic heterocycles. The molecule has 1 aromatic rings. The monoisotopic (exact) mass is 235 g/mol. The van der Waals surface area contributed by atoms with E-state index in [1.54, 1.807) is 12.1 Å². The maximum absolute atomic E-state index is 12.7. The number of halogens is 2. The molecule has 1 fully saturated rings. The molecule has 0 N–H and O–H groups in total. The van der Waals surface area contributed by atoms with Gasteiger partial charge in [0.05, 0.1) is 6.07 Å². The fraction of sp³-hybridized carbons (Fsp3) is 0.500. The maximum Gasteiger partial charge on any atom is 0.263 e. The summed E-state index contributed by atoms with van der Waals surface area (Å²) in [6.45, 7) is 0. The molecule has 0 atom stereocenters. The van der Waals surface area contributed by atoms with Gasteiger partial charge in [0, 0.05) is 17.4 Å². The van der Waals surface area contributed by atoms with Crippen molar-refractivity contribution < 1.29 is 8.78 Å². The number of hydrogen-bond donors (Lipinski definition) is 0. The molecule has 1 saturated carbocycles. The van der Waals surface area contributed by atoms with Gasteiger partial charge in [-0.15, -0.1) is 0 Å². The van der Waals surface area contributed by atoms with Crippen LogP contribution >= 0.6 is 0 Å². The number of rotatable bonds is 3. The molecule has 2 rings (SSSR count). The van der Waals surface area contributed by atoms with Gasteiger partial charge in [-0.3, -0.25) is 0 Å². The zero-order chi connectivity index (χ0) is 12.3. The van der Waals surface area contributed by atoms with Crippen molar-refractivity contribution in [2.45, 2.75) is 43.9 Å². The van der Waals surface area contributed by atoms with Crippen molar-refractivity contribution in [3.05, 3.63) is 35.4 Å². The van der Waals surface area contributed by atoms with Crippen LogP contribution in [0.1, 0.15) is 49.7 Å². The Balaban J connectivity index is 2.37. The Kier molecular flexibility index (Phi) is 3.42. The minimum atomic E-state index is -2.43. The highest BCUT2D eigenvalue weighted by atomic mass is 19.3. The highest BCUT2D eigenvalue weighted by molar-refractivity contribution is 5.32. The summed E-state index contributed by atoms with van der Waals surface area (Å²) in [5.41, 5.74) is 0.792. The second-order valence-electron chi connectivity index (χ2n) is 4.75. The maximum atomic E-state index is 12.7. The quantitative estimate of drug-likeness (QED) is 0.764. The van der Waals surface area contributed by atoms with Gasteiger partial charge in [-0.1, -0.05) is 31.0 Å². The Labute approximate surface area is 100 Å². The highest BCUT2D eigenvalue weighted by Crippen LogP contribution is 2.44. The summed E-state index contributed by atoms with van der Waals surface area (Å²) in [6.07, 6.45) is 2.04. The Hall–Kier alpha value is -1.43. The van der Waals surface area contributed by atoms with E-state index in [2.05, 4.69) is 6.07 Å². The molecule has 0 saturated heterocycles. The summed E-state index contributed by atoms with van der Waals surface area (Å²) in [5.74, 6) is 0. The third-order valence-electron chi connectivity index (χ3n) is 3.73. The summed E-state index contributed by atoms with van der Waals surface area (Å²) in [4.78, 5) is 0. The number of benzene rings is 1. The van der Waals surface area contributed by atoms with E-state index in [-0.39, 0.29) is 11.0 Å². The second kappa shape index (κ2) is 4.83. The summed E-state index contributed by atoms with van der Waals surface area (Å²) >= 11 is 0. The zero-order valence-corrected chi connectivity index (χ0v) is 9.63. The van der Waals surface area contributed by atoms with E-state index >= 15 is 0 Å². The van der Waals surface area contributed by atoms with Gasteiger partial charge in [0.15, 0.2) is 0 Å². The van der Waals surface area contributed by atoms with Crippen molar-refractivity contribution in [2.24, 2.45) is 0 Å². The third-order valence-corrected chi connectivity index (χ3v) is 3.73. The largest absolute Gasteiger partial charge is 0.263 e. The first-order valence-corrected chi connectivity index (χ1v) is 5.93. The fourth-order valence-electron chi connectivity index (χ4n) is 2.77. The van der Waals surface area contributed by atoms with Gasteiger partial charge >= 0.3 is 0 Å². The molecule has 0 unspecified atom stereocenters. The van der Waals surface area contributed by atoms with Gasteiger partial charge in [-0.05, 0) is 24.5 Å². The van der Waals surface area contributed by atoms with E-state index < -0.39 is 6.43 Å². The standard InChI is InChI=1S/C14H15F2N/c15-13(16)11-4-3-5-12(10-11)14(8-9-17)6-1-2-7-14/h3-5,10,13H,1-2,6-8H2. The average Bonchev–Trinajstić information content (AvgIpc) is 2.80. The van der Waals surface area contributed by atoms with Crippen molar-refractivity contribution in [3.63, 3.8) is 0 Å². The van der Waals surface area contributed by atoms with Crippen molar-refractivity contribution in [1.29, 1.82) is 5.26 Å². The normalized spacial score (nSPS) is 18.2. The first kappa shape index (κ1) is 12.0. The van der Waals surface area contributed by atoms with E-state index in [0.717, 1.165) is 31.2 Å². The molecule has 0 amide bonds. The fourth-order valence-corrected chi connectivity index (χ4v) is 2.77. The number of hydrogen-bond acceptors (Lipinski definition) is 1. The van der Waals surface area contributed by atoms with Gasteiger partial charge in [0.2, 0.25) is 0 Å². The van der Waals surface area contributed by atoms with Crippen molar-refractivity contribution >= 4 is 0 Å². The van der Waals surface area contributed by atoms with Crippen LogP contribution in [0.2, 0.25) is 0 Å². The molecule has 17 heavy (non-hydrogen) atoms. The molecule has 0 bridgehead atoms. The van der Waals surface area contributed by atoms with Crippen molar-refractivity contribution in [1.82, 2.24) is 0 Å². The van der Waals surface area contributed by atoms with E-state index in [0.29, 0.717) is 6.42 Å². The van der Waals surface area contributed by atoms with Crippen LogP contribution in [0.3, 0.4) is 0 Å². The predicted octanol–water partition coefficient (Wildman–Crippen LogP) is 4.35. The topological polar surface area (TPSA) is 23.8 Å². The minimum Gasteiger partial charge on any atom is -0.205 e. The Bertz CT molecular complexity index is 428. The van der Waals surface area contributed by atoms with Crippen LogP contribution in [-0.2, 0) is 5.41 Å². The number of alkyl halides is 2. The lowest BCUT2D eigenvalue weighted by atomic mass is 9.76. The summed E-state index contributed by atoms with van der Waals surface area (Å²) in [7, 11) is 0. The third kappa shape index (κ3) is 2.31. The van der Waals surface area contributed by atoms with Gasteiger partial charge < -0.3 is 0 Å². The van der Waals surface area contributed by atoms with E-state index in [9.17, 15) is 8.78 Å². The van der Waals surface area contributed by atoms with Crippen molar-refractivity contribution in [2.75, 3.05) is 0 Å². The zero-order valence-electron chi connectivity index (χ0n) is 9.63. The van der Waals surface area contributed by atoms with Crippen LogP contribution in [0.4, 0.5) is 8.78 Å². The molecule has 0 aromatic heterocycles. The molecule has 1 aromatic carbocycles. The SMILES string of the molecule is N#CCC1(c2cccc(C(F)F)c2)CCCC1. The first-order valence-electron chi connectivity index (χ1n) is 5.93. The minimum absolute atomic E-state index is 0.0618. The lowest BCUT2D eigenvalue weighted by Gasteiger charge is -2.27. The van der Waals surface area contributed by atoms with Crippen LogP contribution in [0.15, 0.2) is 24.3 Å². The molecule has 0 radical (unpaired) electrons. The highest BCUT2D eigenvalue weighted by Gasteiger charge is 2.35. The van der Waals surface area contributed by atoms with E-state index in [4.69, 9.17) is 5.26 Å².